The van der Waals surface area contributed by atoms with E-state index in [-0.39, 0.29) is 12.3 Å². The van der Waals surface area contributed by atoms with Crippen LogP contribution in [0.1, 0.15) is 38.4 Å². The fourth-order valence-corrected chi connectivity index (χ4v) is 3.13. The zero-order valence-electron chi connectivity index (χ0n) is 14.1. The van der Waals surface area contributed by atoms with Gasteiger partial charge in [-0.15, -0.1) is 11.3 Å². The molecular formula is C17H20N2O4S. The lowest BCUT2D eigenvalue weighted by atomic mass is 10.0. The van der Waals surface area contributed by atoms with Crippen LogP contribution in [0.2, 0.25) is 0 Å². The largest absolute Gasteiger partial charge is 0.497 e. The van der Waals surface area contributed by atoms with Crippen molar-refractivity contribution in [3.63, 3.8) is 0 Å². The molecule has 0 aliphatic carbocycles. The Morgan fingerprint density at radius 2 is 1.88 bits per heavy atom. The van der Waals surface area contributed by atoms with Gasteiger partial charge in [-0.3, -0.25) is 9.59 Å². The van der Waals surface area contributed by atoms with Crippen LogP contribution >= 0.6 is 11.3 Å². The summed E-state index contributed by atoms with van der Waals surface area (Å²) in [5.74, 6) is 0.0620. The number of rotatable bonds is 6. The number of nitrogens with zero attached hydrogens (tertiary/aromatic N) is 1. The molecule has 1 N–H and O–H groups in total. The summed E-state index contributed by atoms with van der Waals surface area (Å²) in [5.41, 5.74) is 1.48. The van der Waals surface area contributed by atoms with E-state index in [0.29, 0.717) is 16.3 Å². The first-order chi connectivity index (χ1) is 11.4. The van der Waals surface area contributed by atoms with Gasteiger partial charge in [0, 0.05) is 0 Å². The van der Waals surface area contributed by atoms with Crippen LogP contribution in [0.25, 0.3) is 0 Å². The standard InChI is InChI=1S/C17H20N2O4S/c1-10-16(24-11(2)18-10)17(21)19-14(9-15(20)23-4)12-5-7-13(22-3)8-6-12/h5-8,14H,9H2,1-4H3,(H,19,21). The predicted molar refractivity (Wildman–Crippen MR) is 91.4 cm³/mol. The van der Waals surface area contributed by atoms with Gasteiger partial charge in [0.15, 0.2) is 0 Å². The molecular weight excluding hydrogens is 328 g/mol. The molecule has 1 amide bonds. The Balaban J connectivity index is 2.23. The number of ether oxygens (including phenoxy) is 2. The third-order valence-corrected chi connectivity index (χ3v) is 4.60. The molecule has 24 heavy (non-hydrogen) atoms. The van der Waals surface area contributed by atoms with E-state index in [1.165, 1.54) is 18.4 Å². The second kappa shape index (κ2) is 7.92. The van der Waals surface area contributed by atoms with Crippen molar-refractivity contribution in [1.82, 2.24) is 10.3 Å². The molecule has 0 aliphatic rings. The van der Waals surface area contributed by atoms with Crippen molar-refractivity contribution in [2.75, 3.05) is 14.2 Å². The first-order valence-electron chi connectivity index (χ1n) is 7.40. The van der Waals surface area contributed by atoms with E-state index in [4.69, 9.17) is 9.47 Å². The molecule has 0 fully saturated rings. The van der Waals surface area contributed by atoms with E-state index in [1.807, 2.05) is 19.1 Å². The van der Waals surface area contributed by atoms with Crippen LogP contribution in [0.4, 0.5) is 0 Å². The van der Waals surface area contributed by atoms with Crippen molar-refractivity contribution >= 4 is 23.2 Å². The highest BCUT2D eigenvalue weighted by Gasteiger charge is 2.22. The average molecular weight is 348 g/mol. The maximum Gasteiger partial charge on any atom is 0.307 e. The molecule has 0 spiro atoms. The SMILES string of the molecule is COC(=O)CC(NC(=O)c1sc(C)nc1C)c1ccc(OC)cc1. The third-order valence-electron chi connectivity index (χ3n) is 3.53. The molecule has 1 heterocycles. The van der Waals surface area contributed by atoms with Crippen LogP contribution in [0.3, 0.4) is 0 Å². The minimum Gasteiger partial charge on any atom is -0.497 e. The number of methoxy groups -OCH3 is 2. The van der Waals surface area contributed by atoms with Gasteiger partial charge < -0.3 is 14.8 Å². The summed E-state index contributed by atoms with van der Waals surface area (Å²) in [7, 11) is 2.91. The number of hydrogen-bond donors (Lipinski definition) is 1. The fourth-order valence-electron chi connectivity index (χ4n) is 2.30. The van der Waals surface area contributed by atoms with Gasteiger partial charge in [0.05, 0.1) is 37.4 Å². The van der Waals surface area contributed by atoms with Crippen LogP contribution in [0.5, 0.6) is 5.75 Å². The fraction of sp³-hybridized carbons (Fsp3) is 0.353. The predicted octanol–water partition coefficient (Wildman–Crippen LogP) is 2.80. The summed E-state index contributed by atoms with van der Waals surface area (Å²) >= 11 is 1.33. The number of carbonyl (C=O) groups excluding carboxylic acids is 2. The Bertz CT molecular complexity index is 725. The molecule has 1 unspecified atom stereocenters. The lowest BCUT2D eigenvalue weighted by molar-refractivity contribution is -0.141. The normalized spacial score (nSPS) is 11.7. The quantitative estimate of drug-likeness (QED) is 0.812. The van der Waals surface area contributed by atoms with Crippen LogP contribution in [0.15, 0.2) is 24.3 Å². The average Bonchev–Trinajstić information content (AvgIpc) is 2.92. The summed E-state index contributed by atoms with van der Waals surface area (Å²) in [6, 6.07) is 6.72. The lowest BCUT2D eigenvalue weighted by Crippen LogP contribution is -2.30. The van der Waals surface area contributed by atoms with E-state index in [1.54, 1.807) is 26.2 Å². The number of thiazole rings is 1. The minimum absolute atomic E-state index is 0.0470. The molecule has 1 aromatic heterocycles. The molecule has 0 saturated heterocycles. The number of benzene rings is 1. The van der Waals surface area contributed by atoms with Crippen LogP contribution in [-0.2, 0) is 9.53 Å². The molecule has 2 aromatic rings. The summed E-state index contributed by atoms with van der Waals surface area (Å²) in [6.45, 7) is 3.64. The Morgan fingerprint density at radius 3 is 2.38 bits per heavy atom. The highest BCUT2D eigenvalue weighted by Crippen LogP contribution is 2.23. The molecule has 1 atom stereocenters. The van der Waals surface area contributed by atoms with E-state index >= 15 is 0 Å². The first kappa shape index (κ1) is 17.9. The molecule has 7 heteroatoms. The van der Waals surface area contributed by atoms with Gasteiger partial charge in [0.2, 0.25) is 0 Å². The summed E-state index contributed by atoms with van der Waals surface area (Å²) in [6.07, 6.45) is 0.0470. The van der Waals surface area contributed by atoms with Crippen molar-refractivity contribution in [3.8, 4) is 5.75 Å². The Labute approximate surface area is 144 Å². The topological polar surface area (TPSA) is 77.5 Å². The summed E-state index contributed by atoms with van der Waals surface area (Å²) < 4.78 is 9.87. The van der Waals surface area contributed by atoms with Gasteiger partial charge in [-0.05, 0) is 31.5 Å². The van der Waals surface area contributed by atoms with E-state index < -0.39 is 12.0 Å². The van der Waals surface area contributed by atoms with Gasteiger partial charge in [0.1, 0.15) is 10.6 Å². The van der Waals surface area contributed by atoms with Crippen LogP contribution < -0.4 is 10.1 Å². The number of esters is 1. The van der Waals surface area contributed by atoms with E-state index in [2.05, 4.69) is 10.3 Å². The summed E-state index contributed by atoms with van der Waals surface area (Å²) in [4.78, 5) is 29.1. The molecule has 2 rings (SSSR count). The number of nitrogens with one attached hydrogen (secondary N) is 1. The maximum atomic E-state index is 12.5. The Hall–Kier alpha value is -2.41. The molecule has 0 radical (unpaired) electrons. The van der Waals surface area contributed by atoms with Gasteiger partial charge >= 0.3 is 5.97 Å². The van der Waals surface area contributed by atoms with Gasteiger partial charge in [-0.25, -0.2) is 4.98 Å². The number of aryl methyl sites for hydroxylation is 2. The van der Waals surface area contributed by atoms with Gasteiger partial charge in [-0.1, -0.05) is 12.1 Å². The first-order valence-corrected chi connectivity index (χ1v) is 8.22. The molecule has 0 saturated carbocycles. The van der Waals surface area contributed by atoms with Crippen molar-refractivity contribution in [3.05, 3.63) is 45.4 Å². The van der Waals surface area contributed by atoms with E-state index in [0.717, 1.165) is 10.6 Å². The molecule has 128 valence electrons. The Morgan fingerprint density at radius 1 is 1.21 bits per heavy atom. The van der Waals surface area contributed by atoms with Crippen molar-refractivity contribution in [2.45, 2.75) is 26.3 Å². The van der Waals surface area contributed by atoms with Crippen molar-refractivity contribution in [2.24, 2.45) is 0 Å². The number of carbonyl (C=O) groups is 2. The summed E-state index contributed by atoms with van der Waals surface area (Å²) in [5, 5.41) is 3.72. The Kier molecular flexibility index (Phi) is 5.92. The number of hydrogen-bond acceptors (Lipinski definition) is 6. The third kappa shape index (κ3) is 4.32. The minimum atomic E-state index is -0.488. The second-order valence-corrected chi connectivity index (χ2v) is 6.43. The van der Waals surface area contributed by atoms with E-state index in [9.17, 15) is 9.59 Å². The second-order valence-electron chi connectivity index (χ2n) is 5.23. The molecule has 6 nitrogen and oxygen atoms in total. The smallest absolute Gasteiger partial charge is 0.307 e. The highest BCUT2D eigenvalue weighted by atomic mass is 32.1. The number of amides is 1. The van der Waals surface area contributed by atoms with Crippen LogP contribution in [0, 0.1) is 13.8 Å². The van der Waals surface area contributed by atoms with Crippen molar-refractivity contribution < 1.29 is 19.1 Å². The van der Waals surface area contributed by atoms with Gasteiger partial charge in [-0.2, -0.15) is 0 Å². The van der Waals surface area contributed by atoms with Crippen molar-refractivity contribution in [1.29, 1.82) is 0 Å². The van der Waals surface area contributed by atoms with Gasteiger partial charge in [0.25, 0.3) is 5.91 Å². The zero-order valence-corrected chi connectivity index (χ0v) is 14.9. The lowest BCUT2D eigenvalue weighted by Gasteiger charge is -2.18. The highest BCUT2D eigenvalue weighted by molar-refractivity contribution is 7.13. The molecule has 0 bridgehead atoms. The molecule has 1 aromatic carbocycles. The molecule has 0 aliphatic heterocycles. The van der Waals surface area contributed by atoms with Crippen LogP contribution in [-0.4, -0.2) is 31.1 Å². The zero-order chi connectivity index (χ0) is 17.7. The maximum absolute atomic E-state index is 12.5. The number of aromatic nitrogens is 1. The monoisotopic (exact) mass is 348 g/mol.